The molecule has 1 aliphatic rings. The number of hydrogen-bond acceptors (Lipinski definition) is 6. The molecule has 0 bridgehead atoms. The third kappa shape index (κ3) is 4.69. The Hall–Kier alpha value is -3.16. The highest BCUT2D eigenvalue weighted by atomic mass is 32.1. The van der Waals surface area contributed by atoms with Crippen LogP contribution in [0.1, 0.15) is 45.0 Å². The molecule has 4 rings (SSSR count). The standard InChI is InChI=1S/C25H26N2O4S/c1-16(2)27-14-13-20-21(15-27)32-24(22(20)25(29)30-3)26-23(28)17-9-11-19(12-10-17)31-18-7-5-4-6-8-18/h4-12,16H,13-15H2,1-3H3,(H,26,28). The number of fused-ring (bicyclic) bond motifs is 1. The van der Waals surface area contributed by atoms with Gasteiger partial charge >= 0.3 is 5.97 Å². The lowest BCUT2D eigenvalue weighted by atomic mass is 10.0. The molecule has 1 N–H and O–H groups in total. The first-order valence-corrected chi connectivity index (χ1v) is 11.4. The van der Waals surface area contributed by atoms with Crippen LogP contribution in [0.2, 0.25) is 0 Å². The van der Waals surface area contributed by atoms with Crippen molar-refractivity contribution in [2.45, 2.75) is 32.9 Å². The molecule has 1 aliphatic heterocycles. The van der Waals surface area contributed by atoms with Crippen molar-refractivity contribution in [3.8, 4) is 11.5 Å². The first-order valence-electron chi connectivity index (χ1n) is 10.6. The lowest BCUT2D eigenvalue weighted by molar-refractivity contribution is 0.0600. The van der Waals surface area contributed by atoms with E-state index in [-0.39, 0.29) is 5.91 Å². The summed E-state index contributed by atoms with van der Waals surface area (Å²) in [7, 11) is 1.37. The summed E-state index contributed by atoms with van der Waals surface area (Å²) in [5, 5.41) is 3.48. The van der Waals surface area contributed by atoms with Crippen molar-refractivity contribution < 1.29 is 19.1 Å². The minimum atomic E-state index is -0.414. The van der Waals surface area contributed by atoms with Gasteiger partial charge in [-0.2, -0.15) is 0 Å². The second-order valence-corrected chi connectivity index (χ2v) is 9.01. The number of thiophene rings is 1. The summed E-state index contributed by atoms with van der Waals surface area (Å²) in [5.74, 6) is 0.679. The molecule has 1 aromatic heterocycles. The van der Waals surface area contributed by atoms with Crippen LogP contribution in [0.15, 0.2) is 54.6 Å². The van der Waals surface area contributed by atoms with Crippen molar-refractivity contribution in [1.82, 2.24) is 4.90 Å². The van der Waals surface area contributed by atoms with Gasteiger partial charge in [0.25, 0.3) is 5.91 Å². The Kier molecular flexibility index (Phi) is 6.58. The number of para-hydroxylation sites is 1. The fraction of sp³-hybridized carbons (Fsp3) is 0.280. The second kappa shape index (κ2) is 9.54. The predicted molar refractivity (Wildman–Crippen MR) is 126 cm³/mol. The van der Waals surface area contributed by atoms with Gasteiger partial charge < -0.3 is 14.8 Å². The van der Waals surface area contributed by atoms with Crippen LogP contribution in [0.25, 0.3) is 0 Å². The zero-order chi connectivity index (χ0) is 22.7. The number of ether oxygens (including phenoxy) is 2. The maximum absolute atomic E-state index is 12.9. The molecule has 32 heavy (non-hydrogen) atoms. The van der Waals surface area contributed by atoms with Crippen LogP contribution in [0.5, 0.6) is 11.5 Å². The van der Waals surface area contributed by atoms with Gasteiger partial charge in [0, 0.05) is 29.6 Å². The zero-order valence-electron chi connectivity index (χ0n) is 18.4. The van der Waals surface area contributed by atoms with Crippen molar-refractivity contribution in [2.24, 2.45) is 0 Å². The van der Waals surface area contributed by atoms with Gasteiger partial charge in [0.1, 0.15) is 16.5 Å². The smallest absolute Gasteiger partial charge is 0.341 e. The fourth-order valence-corrected chi connectivity index (χ4v) is 5.00. The number of esters is 1. The fourth-order valence-electron chi connectivity index (χ4n) is 3.74. The van der Waals surface area contributed by atoms with Crippen molar-refractivity contribution in [1.29, 1.82) is 0 Å². The minimum Gasteiger partial charge on any atom is -0.465 e. The quantitative estimate of drug-likeness (QED) is 0.513. The van der Waals surface area contributed by atoms with Crippen LogP contribution in [-0.2, 0) is 17.7 Å². The summed E-state index contributed by atoms with van der Waals surface area (Å²) in [6, 6.07) is 16.8. The highest BCUT2D eigenvalue weighted by Gasteiger charge is 2.30. The van der Waals surface area contributed by atoms with Crippen LogP contribution >= 0.6 is 11.3 Å². The molecule has 2 heterocycles. The molecule has 0 saturated heterocycles. The number of benzene rings is 2. The van der Waals surface area contributed by atoms with E-state index < -0.39 is 5.97 Å². The number of methoxy groups -OCH3 is 1. The molecule has 0 radical (unpaired) electrons. The zero-order valence-corrected chi connectivity index (χ0v) is 19.2. The highest BCUT2D eigenvalue weighted by molar-refractivity contribution is 7.17. The molecular weight excluding hydrogens is 424 g/mol. The van der Waals surface area contributed by atoms with Gasteiger partial charge in [-0.3, -0.25) is 9.69 Å². The maximum atomic E-state index is 12.9. The largest absolute Gasteiger partial charge is 0.465 e. The number of nitrogens with one attached hydrogen (secondary N) is 1. The monoisotopic (exact) mass is 450 g/mol. The SMILES string of the molecule is COC(=O)c1c(NC(=O)c2ccc(Oc3ccccc3)cc2)sc2c1CCN(C(C)C)C2. The van der Waals surface area contributed by atoms with Crippen molar-refractivity contribution >= 4 is 28.2 Å². The first kappa shape index (κ1) is 22.0. The minimum absolute atomic E-state index is 0.277. The number of amides is 1. The number of anilines is 1. The van der Waals surface area contributed by atoms with E-state index in [4.69, 9.17) is 9.47 Å². The number of hydrogen-bond donors (Lipinski definition) is 1. The normalized spacial score (nSPS) is 13.5. The molecule has 0 fully saturated rings. The van der Waals surface area contributed by atoms with Gasteiger partial charge in [-0.15, -0.1) is 11.3 Å². The molecule has 3 aromatic rings. The van der Waals surface area contributed by atoms with E-state index in [9.17, 15) is 9.59 Å². The average molecular weight is 451 g/mol. The first-order chi connectivity index (χ1) is 15.5. The van der Waals surface area contributed by atoms with E-state index in [2.05, 4.69) is 24.1 Å². The summed E-state index contributed by atoms with van der Waals surface area (Å²) in [6.45, 7) is 5.96. The summed E-state index contributed by atoms with van der Waals surface area (Å²) >= 11 is 1.46. The van der Waals surface area contributed by atoms with E-state index in [0.29, 0.717) is 27.9 Å². The third-order valence-electron chi connectivity index (χ3n) is 5.53. The van der Waals surface area contributed by atoms with Crippen LogP contribution in [0.4, 0.5) is 5.00 Å². The lowest BCUT2D eigenvalue weighted by Crippen LogP contribution is -2.35. The van der Waals surface area contributed by atoms with E-state index in [0.717, 1.165) is 35.7 Å². The van der Waals surface area contributed by atoms with E-state index in [1.54, 1.807) is 24.3 Å². The van der Waals surface area contributed by atoms with E-state index in [1.807, 2.05) is 30.3 Å². The third-order valence-corrected chi connectivity index (χ3v) is 6.66. The van der Waals surface area contributed by atoms with Crippen LogP contribution in [0, 0.1) is 0 Å². The average Bonchev–Trinajstić information content (AvgIpc) is 3.16. The van der Waals surface area contributed by atoms with Gasteiger partial charge in [0.15, 0.2) is 0 Å². The van der Waals surface area contributed by atoms with Crippen LogP contribution in [0.3, 0.4) is 0 Å². The Morgan fingerprint density at radius 2 is 1.72 bits per heavy atom. The molecular formula is C25H26N2O4S. The molecule has 1 amide bonds. The molecule has 0 spiro atoms. The Morgan fingerprint density at radius 3 is 2.38 bits per heavy atom. The van der Waals surface area contributed by atoms with Crippen molar-refractivity contribution in [2.75, 3.05) is 19.0 Å². The highest BCUT2D eigenvalue weighted by Crippen LogP contribution is 2.38. The molecule has 0 aliphatic carbocycles. The second-order valence-electron chi connectivity index (χ2n) is 7.91. The summed E-state index contributed by atoms with van der Waals surface area (Å²) in [4.78, 5) is 28.9. The van der Waals surface area contributed by atoms with E-state index >= 15 is 0 Å². The lowest BCUT2D eigenvalue weighted by Gasteiger charge is -2.30. The molecule has 0 unspecified atom stereocenters. The van der Waals surface area contributed by atoms with Crippen LogP contribution in [-0.4, -0.2) is 36.5 Å². The molecule has 7 heteroatoms. The summed E-state index contributed by atoms with van der Waals surface area (Å²) in [6.07, 6.45) is 0.760. The Balaban J connectivity index is 1.53. The molecule has 0 saturated carbocycles. The molecule has 6 nitrogen and oxygen atoms in total. The number of rotatable bonds is 6. The topological polar surface area (TPSA) is 67.9 Å². The summed E-state index contributed by atoms with van der Waals surface area (Å²) < 4.78 is 10.8. The van der Waals surface area contributed by atoms with Gasteiger partial charge in [-0.1, -0.05) is 18.2 Å². The molecule has 166 valence electrons. The number of carbonyl (C=O) groups excluding carboxylic acids is 2. The molecule has 0 atom stereocenters. The van der Waals surface area contributed by atoms with Crippen LogP contribution < -0.4 is 10.1 Å². The van der Waals surface area contributed by atoms with E-state index in [1.165, 1.54) is 18.4 Å². The van der Waals surface area contributed by atoms with Gasteiger partial charge in [0.05, 0.1) is 12.7 Å². The summed E-state index contributed by atoms with van der Waals surface area (Å²) in [5.41, 5.74) is 1.95. The maximum Gasteiger partial charge on any atom is 0.341 e. The Labute approximate surface area is 191 Å². The van der Waals surface area contributed by atoms with Crippen molar-refractivity contribution in [3.63, 3.8) is 0 Å². The van der Waals surface area contributed by atoms with Gasteiger partial charge in [0.2, 0.25) is 0 Å². The van der Waals surface area contributed by atoms with Gasteiger partial charge in [-0.05, 0) is 62.2 Å². The Morgan fingerprint density at radius 1 is 1.03 bits per heavy atom. The number of nitrogens with zero attached hydrogens (tertiary/aromatic N) is 1. The molecule has 2 aromatic carbocycles. The van der Waals surface area contributed by atoms with Gasteiger partial charge in [-0.25, -0.2) is 4.79 Å². The Bertz CT molecular complexity index is 1110. The number of carbonyl (C=O) groups is 2. The van der Waals surface area contributed by atoms with Crippen molar-refractivity contribution in [3.05, 3.63) is 76.2 Å². The predicted octanol–water partition coefficient (Wildman–Crippen LogP) is 5.35.